The minimum atomic E-state index is -0.455. The summed E-state index contributed by atoms with van der Waals surface area (Å²) >= 11 is 0. The molecule has 1 atom stereocenters. The van der Waals surface area contributed by atoms with Crippen LogP contribution < -0.4 is 9.64 Å². The molecule has 2 rings (SSSR count). The van der Waals surface area contributed by atoms with Crippen LogP contribution >= 0.6 is 0 Å². The van der Waals surface area contributed by atoms with E-state index in [0.29, 0.717) is 31.9 Å². The Hall–Kier alpha value is -2.04. The maximum atomic E-state index is 12.8. The monoisotopic (exact) mass is 332 g/mol. The summed E-state index contributed by atoms with van der Waals surface area (Å²) in [7, 11) is 0. The number of para-hydroxylation sites is 2. The predicted octanol–water partition coefficient (Wildman–Crippen LogP) is 3.09. The van der Waals surface area contributed by atoms with Crippen LogP contribution in [0.4, 0.5) is 5.69 Å². The van der Waals surface area contributed by atoms with Gasteiger partial charge >= 0.3 is 0 Å². The number of amides is 2. The summed E-state index contributed by atoms with van der Waals surface area (Å²) in [4.78, 5) is 28.8. The van der Waals surface area contributed by atoms with Crippen molar-refractivity contribution in [2.24, 2.45) is 5.41 Å². The standard InChI is InChI=1S/C19H28N2O3/c1-6-24-16-10-8-7-9-15(16)21-12-11-20(14(2)18(21)23)17(22)13-19(3,4)5/h7-10,14H,6,11-13H2,1-5H3/t14-/m0/s1. The van der Waals surface area contributed by atoms with Gasteiger partial charge in [-0.05, 0) is 31.4 Å². The van der Waals surface area contributed by atoms with Gasteiger partial charge in [0.05, 0.1) is 12.3 Å². The van der Waals surface area contributed by atoms with Gasteiger partial charge in [0.2, 0.25) is 11.8 Å². The second-order valence-electron chi connectivity index (χ2n) is 7.39. The van der Waals surface area contributed by atoms with Gasteiger partial charge < -0.3 is 14.5 Å². The van der Waals surface area contributed by atoms with E-state index in [1.807, 2.05) is 52.0 Å². The third-order valence-corrected chi connectivity index (χ3v) is 4.11. The van der Waals surface area contributed by atoms with Gasteiger partial charge in [-0.3, -0.25) is 9.59 Å². The van der Waals surface area contributed by atoms with Crippen LogP contribution in [-0.4, -0.2) is 42.5 Å². The Balaban J connectivity index is 2.17. The number of anilines is 1. The molecule has 0 unspecified atom stereocenters. The van der Waals surface area contributed by atoms with Crippen LogP contribution in [0.15, 0.2) is 24.3 Å². The molecule has 1 heterocycles. The van der Waals surface area contributed by atoms with E-state index in [0.717, 1.165) is 5.69 Å². The number of carbonyl (C=O) groups is 2. The molecule has 0 aromatic heterocycles. The molecule has 132 valence electrons. The molecule has 0 radical (unpaired) electrons. The Labute approximate surface area is 144 Å². The van der Waals surface area contributed by atoms with E-state index in [-0.39, 0.29) is 17.2 Å². The zero-order chi connectivity index (χ0) is 17.9. The summed E-state index contributed by atoms with van der Waals surface area (Å²) < 4.78 is 5.64. The van der Waals surface area contributed by atoms with Gasteiger partial charge in [-0.15, -0.1) is 0 Å². The number of nitrogens with zero attached hydrogens (tertiary/aromatic N) is 2. The number of hydrogen-bond donors (Lipinski definition) is 0. The van der Waals surface area contributed by atoms with Gasteiger partial charge in [0.15, 0.2) is 0 Å². The lowest BCUT2D eigenvalue weighted by molar-refractivity contribution is -0.142. The summed E-state index contributed by atoms with van der Waals surface area (Å²) in [5.41, 5.74) is 0.692. The third kappa shape index (κ3) is 4.08. The molecule has 5 nitrogen and oxygen atoms in total. The number of ether oxygens (including phenoxy) is 1. The molecule has 1 saturated heterocycles. The Morgan fingerprint density at radius 2 is 1.92 bits per heavy atom. The van der Waals surface area contributed by atoms with Crippen molar-refractivity contribution in [3.05, 3.63) is 24.3 Å². The highest BCUT2D eigenvalue weighted by Gasteiger charge is 2.36. The summed E-state index contributed by atoms with van der Waals surface area (Å²) in [5, 5.41) is 0. The van der Waals surface area contributed by atoms with Crippen molar-refractivity contribution in [2.75, 3.05) is 24.6 Å². The molecule has 1 aromatic carbocycles. The van der Waals surface area contributed by atoms with Gasteiger partial charge in [-0.25, -0.2) is 0 Å². The van der Waals surface area contributed by atoms with Gasteiger partial charge in [0.25, 0.3) is 0 Å². The fourth-order valence-electron chi connectivity index (χ4n) is 2.96. The van der Waals surface area contributed by atoms with Crippen molar-refractivity contribution in [1.29, 1.82) is 0 Å². The minimum absolute atomic E-state index is 0.0427. The zero-order valence-electron chi connectivity index (χ0n) is 15.3. The predicted molar refractivity (Wildman–Crippen MR) is 95.2 cm³/mol. The first-order valence-corrected chi connectivity index (χ1v) is 8.57. The van der Waals surface area contributed by atoms with Crippen molar-refractivity contribution in [2.45, 2.75) is 47.1 Å². The molecule has 0 bridgehead atoms. The molecule has 0 spiro atoms. The Morgan fingerprint density at radius 1 is 1.25 bits per heavy atom. The quantitative estimate of drug-likeness (QED) is 0.851. The summed E-state index contributed by atoms with van der Waals surface area (Å²) in [6.45, 7) is 11.4. The molecule has 0 aliphatic carbocycles. The SMILES string of the molecule is CCOc1ccccc1N1CCN(C(=O)CC(C)(C)C)[C@@H](C)C1=O. The first-order chi connectivity index (χ1) is 11.2. The maximum absolute atomic E-state index is 12.8. The lowest BCUT2D eigenvalue weighted by Crippen LogP contribution is -2.58. The van der Waals surface area contributed by atoms with Gasteiger partial charge in [0.1, 0.15) is 11.8 Å². The smallest absolute Gasteiger partial charge is 0.249 e. The first kappa shape index (κ1) is 18.3. The normalized spacial score (nSPS) is 18.7. The summed E-state index contributed by atoms with van der Waals surface area (Å²) in [5.74, 6) is 0.687. The minimum Gasteiger partial charge on any atom is -0.492 e. The van der Waals surface area contributed by atoms with Crippen LogP contribution in [0.25, 0.3) is 0 Å². The van der Waals surface area contributed by atoms with Crippen LogP contribution in [0.1, 0.15) is 41.0 Å². The van der Waals surface area contributed by atoms with Gasteiger partial charge in [-0.1, -0.05) is 32.9 Å². The fourth-order valence-corrected chi connectivity index (χ4v) is 2.96. The van der Waals surface area contributed by atoms with Crippen molar-refractivity contribution >= 4 is 17.5 Å². The van der Waals surface area contributed by atoms with Crippen molar-refractivity contribution < 1.29 is 14.3 Å². The molecule has 5 heteroatoms. The number of benzene rings is 1. The highest BCUT2D eigenvalue weighted by atomic mass is 16.5. The van der Waals surface area contributed by atoms with Crippen molar-refractivity contribution in [3.8, 4) is 5.75 Å². The Bertz CT molecular complexity index is 607. The van der Waals surface area contributed by atoms with Crippen LogP contribution in [0.2, 0.25) is 0 Å². The van der Waals surface area contributed by atoms with Crippen molar-refractivity contribution in [1.82, 2.24) is 4.90 Å². The number of hydrogen-bond acceptors (Lipinski definition) is 3. The van der Waals surface area contributed by atoms with Gasteiger partial charge in [0, 0.05) is 19.5 Å². The largest absolute Gasteiger partial charge is 0.492 e. The van der Waals surface area contributed by atoms with E-state index in [2.05, 4.69) is 0 Å². The summed E-state index contributed by atoms with van der Waals surface area (Å²) in [6.07, 6.45) is 0.445. The number of piperazine rings is 1. The zero-order valence-corrected chi connectivity index (χ0v) is 15.3. The number of rotatable bonds is 4. The van der Waals surface area contributed by atoms with E-state index in [1.54, 1.807) is 16.7 Å². The van der Waals surface area contributed by atoms with E-state index < -0.39 is 6.04 Å². The average Bonchev–Trinajstić information content (AvgIpc) is 2.49. The van der Waals surface area contributed by atoms with Crippen molar-refractivity contribution in [3.63, 3.8) is 0 Å². The molecule has 1 fully saturated rings. The maximum Gasteiger partial charge on any atom is 0.249 e. The van der Waals surface area contributed by atoms with E-state index in [4.69, 9.17) is 4.74 Å². The van der Waals surface area contributed by atoms with E-state index in [9.17, 15) is 9.59 Å². The van der Waals surface area contributed by atoms with E-state index in [1.165, 1.54) is 0 Å². The third-order valence-electron chi connectivity index (χ3n) is 4.11. The second-order valence-corrected chi connectivity index (χ2v) is 7.39. The van der Waals surface area contributed by atoms with Gasteiger partial charge in [-0.2, -0.15) is 0 Å². The highest BCUT2D eigenvalue weighted by Crippen LogP contribution is 2.31. The molecular weight excluding hydrogens is 304 g/mol. The molecule has 2 amide bonds. The van der Waals surface area contributed by atoms with Crippen LogP contribution in [0.5, 0.6) is 5.75 Å². The molecule has 1 aliphatic rings. The molecule has 0 saturated carbocycles. The van der Waals surface area contributed by atoms with E-state index >= 15 is 0 Å². The second kappa shape index (κ2) is 7.24. The molecule has 0 N–H and O–H groups in total. The molecule has 24 heavy (non-hydrogen) atoms. The average molecular weight is 332 g/mol. The molecular formula is C19H28N2O3. The van der Waals surface area contributed by atoms with Crippen LogP contribution in [0.3, 0.4) is 0 Å². The lowest BCUT2D eigenvalue weighted by atomic mass is 9.91. The molecule has 1 aliphatic heterocycles. The van der Waals surface area contributed by atoms with Crippen LogP contribution in [-0.2, 0) is 9.59 Å². The highest BCUT2D eigenvalue weighted by molar-refractivity contribution is 6.01. The lowest BCUT2D eigenvalue weighted by Gasteiger charge is -2.40. The first-order valence-electron chi connectivity index (χ1n) is 8.57. The molecule has 1 aromatic rings. The van der Waals surface area contributed by atoms with Crippen LogP contribution in [0, 0.1) is 5.41 Å². The Kier molecular flexibility index (Phi) is 5.52. The number of carbonyl (C=O) groups excluding carboxylic acids is 2. The Morgan fingerprint density at radius 3 is 2.54 bits per heavy atom. The topological polar surface area (TPSA) is 49.9 Å². The fraction of sp³-hybridized carbons (Fsp3) is 0.579. The summed E-state index contributed by atoms with van der Waals surface area (Å²) in [6, 6.07) is 7.09.